The maximum Gasteiger partial charge on any atom is 0.293 e. The number of hydrogen-bond donors (Lipinski definition) is 2. The Morgan fingerprint density at radius 2 is 1.91 bits per heavy atom. The molecular weight excluding hydrogens is 298 g/mol. The molecule has 0 fully saturated rings. The Labute approximate surface area is 132 Å². The highest BCUT2D eigenvalue weighted by Crippen LogP contribution is 2.35. The van der Waals surface area contributed by atoms with Crippen molar-refractivity contribution in [3.8, 4) is 0 Å². The van der Waals surface area contributed by atoms with Crippen molar-refractivity contribution in [1.29, 1.82) is 0 Å². The molecule has 1 aliphatic heterocycles. The second-order valence-corrected chi connectivity index (χ2v) is 5.31. The van der Waals surface area contributed by atoms with Crippen LogP contribution in [0, 0.1) is 10.1 Å². The number of fused-ring (bicyclic) bond motifs is 1. The fourth-order valence-corrected chi connectivity index (χ4v) is 2.94. The zero-order chi connectivity index (χ0) is 16.4. The molecule has 1 aliphatic rings. The average molecular weight is 313 g/mol. The molecule has 2 aromatic rings. The number of nitro groups is 1. The lowest BCUT2D eigenvalue weighted by atomic mass is 9.98. The molecule has 0 bridgehead atoms. The normalized spacial score (nSPS) is 13.3. The number of rotatable bonds is 3. The van der Waals surface area contributed by atoms with Gasteiger partial charge in [-0.05, 0) is 23.6 Å². The maximum absolute atomic E-state index is 11.9. The van der Waals surface area contributed by atoms with Crippen LogP contribution in [0.15, 0.2) is 42.5 Å². The van der Waals surface area contributed by atoms with E-state index in [1.807, 2.05) is 29.2 Å². The average Bonchev–Trinajstić information content (AvgIpc) is 2.59. The molecule has 0 spiro atoms. The van der Waals surface area contributed by atoms with Gasteiger partial charge >= 0.3 is 0 Å². The zero-order valence-electron chi connectivity index (χ0n) is 12.2. The Bertz CT molecular complexity index is 776. The Morgan fingerprint density at radius 3 is 2.61 bits per heavy atom. The monoisotopic (exact) mass is 313 g/mol. The van der Waals surface area contributed by atoms with Crippen LogP contribution in [-0.2, 0) is 13.0 Å². The van der Waals surface area contributed by atoms with Crippen molar-refractivity contribution in [1.82, 2.24) is 5.48 Å². The molecule has 2 aromatic carbocycles. The fourth-order valence-electron chi connectivity index (χ4n) is 2.94. The number of benzene rings is 2. The first-order valence-corrected chi connectivity index (χ1v) is 7.15. The third kappa shape index (κ3) is 2.74. The molecular formula is C16H15N3O4. The maximum atomic E-state index is 11.9. The number of hydroxylamine groups is 1. The predicted molar refractivity (Wildman–Crippen MR) is 83.5 cm³/mol. The molecule has 0 radical (unpaired) electrons. The number of anilines is 1. The van der Waals surface area contributed by atoms with Crippen molar-refractivity contribution in [2.75, 3.05) is 11.4 Å². The Balaban J connectivity index is 2.08. The van der Waals surface area contributed by atoms with Gasteiger partial charge in [-0.15, -0.1) is 0 Å². The van der Waals surface area contributed by atoms with E-state index in [1.165, 1.54) is 23.8 Å². The molecule has 0 atom stereocenters. The van der Waals surface area contributed by atoms with Gasteiger partial charge < -0.3 is 4.90 Å². The van der Waals surface area contributed by atoms with Crippen LogP contribution in [0.1, 0.15) is 21.5 Å². The molecule has 0 saturated carbocycles. The summed E-state index contributed by atoms with van der Waals surface area (Å²) in [6.07, 6.45) is 0.738. The molecule has 1 heterocycles. The number of carbonyl (C=O) groups is 1. The number of carbonyl (C=O) groups excluding carboxylic acids is 1. The lowest BCUT2D eigenvalue weighted by Crippen LogP contribution is -2.33. The first-order valence-electron chi connectivity index (χ1n) is 7.15. The summed E-state index contributed by atoms with van der Waals surface area (Å²) in [6.45, 7) is 1.04. The molecule has 0 unspecified atom stereocenters. The summed E-state index contributed by atoms with van der Waals surface area (Å²) in [5, 5.41) is 20.3. The van der Waals surface area contributed by atoms with Gasteiger partial charge in [0.05, 0.1) is 10.5 Å². The highest BCUT2D eigenvalue weighted by atomic mass is 16.6. The molecule has 1 amide bonds. The zero-order valence-corrected chi connectivity index (χ0v) is 12.2. The molecule has 3 rings (SSSR count). The van der Waals surface area contributed by atoms with E-state index in [4.69, 9.17) is 5.21 Å². The highest BCUT2D eigenvalue weighted by Gasteiger charge is 2.28. The van der Waals surface area contributed by atoms with Crippen LogP contribution in [0.25, 0.3) is 0 Å². The van der Waals surface area contributed by atoms with E-state index < -0.39 is 10.8 Å². The second-order valence-electron chi connectivity index (χ2n) is 5.31. The van der Waals surface area contributed by atoms with E-state index >= 15 is 0 Å². The lowest BCUT2D eigenvalue weighted by molar-refractivity contribution is -0.384. The van der Waals surface area contributed by atoms with Gasteiger partial charge in [0.2, 0.25) is 0 Å². The van der Waals surface area contributed by atoms with Gasteiger partial charge in [0.25, 0.3) is 11.6 Å². The molecule has 0 aromatic heterocycles. The summed E-state index contributed by atoms with van der Waals surface area (Å²) in [6, 6.07) is 12.2. The molecule has 23 heavy (non-hydrogen) atoms. The summed E-state index contributed by atoms with van der Waals surface area (Å²) < 4.78 is 0. The Morgan fingerprint density at radius 1 is 1.17 bits per heavy atom. The van der Waals surface area contributed by atoms with Gasteiger partial charge in [0, 0.05) is 19.2 Å². The summed E-state index contributed by atoms with van der Waals surface area (Å²) in [5.41, 5.74) is 4.01. The molecule has 7 heteroatoms. The van der Waals surface area contributed by atoms with E-state index in [0.717, 1.165) is 12.0 Å². The third-order valence-corrected chi connectivity index (χ3v) is 4.00. The van der Waals surface area contributed by atoms with Crippen LogP contribution in [0.4, 0.5) is 11.4 Å². The van der Waals surface area contributed by atoms with Crippen LogP contribution < -0.4 is 10.4 Å². The molecule has 0 saturated heterocycles. The van der Waals surface area contributed by atoms with Crippen LogP contribution in [0.5, 0.6) is 0 Å². The van der Waals surface area contributed by atoms with Crippen molar-refractivity contribution in [2.24, 2.45) is 0 Å². The van der Waals surface area contributed by atoms with E-state index in [9.17, 15) is 14.9 Å². The van der Waals surface area contributed by atoms with Crippen LogP contribution >= 0.6 is 0 Å². The van der Waals surface area contributed by atoms with E-state index in [2.05, 4.69) is 0 Å². The fraction of sp³-hybridized carbons (Fsp3) is 0.188. The Kier molecular flexibility index (Phi) is 3.94. The minimum atomic E-state index is -0.762. The highest BCUT2D eigenvalue weighted by molar-refractivity contribution is 6.01. The summed E-state index contributed by atoms with van der Waals surface area (Å²) in [5.74, 6) is -0.762. The topological polar surface area (TPSA) is 95.7 Å². The van der Waals surface area contributed by atoms with Crippen molar-refractivity contribution in [3.05, 3.63) is 69.3 Å². The van der Waals surface area contributed by atoms with Gasteiger partial charge in [0.15, 0.2) is 0 Å². The summed E-state index contributed by atoms with van der Waals surface area (Å²) >= 11 is 0. The standard InChI is InChI=1S/C16H15N3O4/c20-16(17-21)13-6-3-7-14(19(22)23)15(13)18-9-8-11-4-1-2-5-12(11)10-18/h1-7,21H,8-10H2,(H,17,20). The number of hydrogen-bond acceptors (Lipinski definition) is 5. The van der Waals surface area contributed by atoms with Crippen molar-refractivity contribution in [3.63, 3.8) is 0 Å². The van der Waals surface area contributed by atoms with Gasteiger partial charge in [-0.2, -0.15) is 0 Å². The van der Waals surface area contributed by atoms with Gasteiger partial charge in [-0.1, -0.05) is 30.3 Å². The number of nitro benzene ring substituents is 1. The molecule has 0 aliphatic carbocycles. The number of nitrogens with one attached hydrogen (secondary N) is 1. The van der Waals surface area contributed by atoms with Crippen LogP contribution in [0.2, 0.25) is 0 Å². The second kappa shape index (κ2) is 6.05. The Hall–Kier alpha value is -2.93. The van der Waals surface area contributed by atoms with E-state index in [0.29, 0.717) is 13.1 Å². The third-order valence-electron chi connectivity index (χ3n) is 4.00. The number of amides is 1. The largest absolute Gasteiger partial charge is 0.361 e. The quantitative estimate of drug-likeness (QED) is 0.515. The van der Waals surface area contributed by atoms with Crippen molar-refractivity contribution < 1.29 is 14.9 Å². The van der Waals surface area contributed by atoms with Gasteiger partial charge in [-0.25, -0.2) is 5.48 Å². The number of nitrogens with zero attached hydrogens (tertiary/aromatic N) is 2. The van der Waals surface area contributed by atoms with Gasteiger partial charge in [-0.3, -0.25) is 20.1 Å². The van der Waals surface area contributed by atoms with E-state index in [1.54, 1.807) is 5.48 Å². The van der Waals surface area contributed by atoms with Crippen molar-refractivity contribution >= 4 is 17.3 Å². The van der Waals surface area contributed by atoms with E-state index in [-0.39, 0.29) is 16.9 Å². The SMILES string of the molecule is O=C(NO)c1cccc([N+](=O)[O-])c1N1CCc2ccccc2C1. The molecule has 7 nitrogen and oxygen atoms in total. The van der Waals surface area contributed by atoms with Crippen LogP contribution in [0.3, 0.4) is 0 Å². The minimum Gasteiger partial charge on any atom is -0.361 e. The number of para-hydroxylation sites is 1. The summed E-state index contributed by atoms with van der Waals surface area (Å²) in [7, 11) is 0. The first-order chi connectivity index (χ1) is 11.1. The molecule has 2 N–H and O–H groups in total. The minimum absolute atomic E-state index is 0.0843. The molecule has 118 valence electrons. The van der Waals surface area contributed by atoms with Gasteiger partial charge in [0.1, 0.15) is 5.69 Å². The lowest BCUT2D eigenvalue weighted by Gasteiger charge is -2.31. The van der Waals surface area contributed by atoms with Crippen LogP contribution in [-0.4, -0.2) is 22.6 Å². The predicted octanol–water partition coefficient (Wildman–Crippen LogP) is 2.28. The summed E-state index contributed by atoms with van der Waals surface area (Å²) in [4.78, 5) is 24.5. The van der Waals surface area contributed by atoms with Crippen molar-refractivity contribution in [2.45, 2.75) is 13.0 Å². The first kappa shape index (κ1) is 15.0. The smallest absolute Gasteiger partial charge is 0.293 e.